The SMILES string of the molecule is O=C(O)Cc1cnc(Cl)c(CBr)c1C(F)F. The van der Waals surface area contributed by atoms with E-state index < -0.39 is 18.8 Å². The Morgan fingerprint density at radius 3 is 2.69 bits per heavy atom. The lowest BCUT2D eigenvalue weighted by Crippen LogP contribution is -2.08. The minimum atomic E-state index is -2.78. The molecule has 88 valence electrons. The lowest BCUT2D eigenvalue weighted by molar-refractivity contribution is -0.136. The summed E-state index contributed by atoms with van der Waals surface area (Å²) in [7, 11) is 0. The van der Waals surface area contributed by atoms with E-state index in [4.69, 9.17) is 16.7 Å². The first-order valence-electron chi connectivity index (χ1n) is 4.19. The summed E-state index contributed by atoms with van der Waals surface area (Å²) >= 11 is 8.68. The monoisotopic (exact) mass is 313 g/mol. The van der Waals surface area contributed by atoms with E-state index in [2.05, 4.69) is 20.9 Å². The number of halogens is 4. The third-order valence-corrected chi connectivity index (χ3v) is 2.83. The van der Waals surface area contributed by atoms with Crippen LogP contribution in [0.25, 0.3) is 0 Å². The zero-order chi connectivity index (χ0) is 12.3. The summed E-state index contributed by atoms with van der Waals surface area (Å²) in [6.45, 7) is 0. The van der Waals surface area contributed by atoms with E-state index in [1.807, 2.05) is 0 Å². The predicted molar refractivity (Wildman–Crippen MR) is 58.2 cm³/mol. The highest BCUT2D eigenvalue weighted by Gasteiger charge is 2.21. The highest BCUT2D eigenvalue weighted by Crippen LogP contribution is 2.32. The quantitative estimate of drug-likeness (QED) is 0.686. The zero-order valence-electron chi connectivity index (χ0n) is 7.88. The van der Waals surface area contributed by atoms with E-state index in [1.54, 1.807) is 0 Å². The van der Waals surface area contributed by atoms with Crippen molar-refractivity contribution in [2.24, 2.45) is 0 Å². The van der Waals surface area contributed by atoms with Crippen LogP contribution in [0.4, 0.5) is 8.78 Å². The number of pyridine rings is 1. The minimum absolute atomic E-state index is 0.0126. The van der Waals surface area contributed by atoms with E-state index in [-0.39, 0.29) is 27.2 Å². The van der Waals surface area contributed by atoms with E-state index in [0.717, 1.165) is 6.20 Å². The molecule has 0 fully saturated rings. The fraction of sp³-hybridized carbons (Fsp3) is 0.333. The van der Waals surface area contributed by atoms with Gasteiger partial charge >= 0.3 is 5.97 Å². The third-order valence-electron chi connectivity index (χ3n) is 1.95. The van der Waals surface area contributed by atoms with E-state index >= 15 is 0 Å². The van der Waals surface area contributed by atoms with Crippen LogP contribution in [0.1, 0.15) is 23.1 Å². The van der Waals surface area contributed by atoms with Gasteiger partial charge in [-0.25, -0.2) is 13.8 Å². The molecule has 0 amide bonds. The molecule has 0 aliphatic carbocycles. The van der Waals surface area contributed by atoms with Crippen molar-refractivity contribution in [1.29, 1.82) is 0 Å². The highest BCUT2D eigenvalue weighted by molar-refractivity contribution is 9.08. The molecular formula is C9H7BrClF2NO2. The predicted octanol–water partition coefficient (Wildman–Crippen LogP) is 3.19. The Hall–Kier alpha value is -0.750. The first-order valence-corrected chi connectivity index (χ1v) is 5.69. The molecule has 3 nitrogen and oxygen atoms in total. The van der Waals surface area contributed by atoms with Gasteiger partial charge in [-0.3, -0.25) is 4.79 Å². The third kappa shape index (κ3) is 2.89. The molecule has 1 aromatic rings. The maximum Gasteiger partial charge on any atom is 0.307 e. The van der Waals surface area contributed by atoms with Gasteiger partial charge in [-0.05, 0) is 5.56 Å². The fourth-order valence-electron chi connectivity index (χ4n) is 1.29. The number of alkyl halides is 3. The highest BCUT2D eigenvalue weighted by atomic mass is 79.9. The molecule has 16 heavy (non-hydrogen) atoms. The van der Waals surface area contributed by atoms with Crippen molar-refractivity contribution in [3.05, 3.63) is 28.0 Å². The van der Waals surface area contributed by atoms with Crippen molar-refractivity contribution in [1.82, 2.24) is 4.98 Å². The molecule has 0 saturated carbocycles. The van der Waals surface area contributed by atoms with Crippen LogP contribution in [-0.2, 0) is 16.5 Å². The number of carbonyl (C=O) groups is 1. The summed E-state index contributed by atoms with van der Waals surface area (Å²) in [6.07, 6.45) is -2.20. The summed E-state index contributed by atoms with van der Waals surface area (Å²) in [5, 5.41) is 8.65. The first-order chi connectivity index (χ1) is 7.47. The number of rotatable bonds is 4. The zero-order valence-corrected chi connectivity index (χ0v) is 10.2. The minimum Gasteiger partial charge on any atom is -0.481 e. The van der Waals surface area contributed by atoms with Gasteiger partial charge in [0.25, 0.3) is 6.43 Å². The van der Waals surface area contributed by atoms with Gasteiger partial charge in [0.15, 0.2) is 0 Å². The molecule has 0 atom stereocenters. The van der Waals surface area contributed by atoms with Gasteiger partial charge in [0.1, 0.15) is 5.15 Å². The van der Waals surface area contributed by atoms with Crippen LogP contribution in [-0.4, -0.2) is 16.1 Å². The van der Waals surface area contributed by atoms with Crippen molar-refractivity contribution in [2.45, 2.75) is 18.2 Å². The van der Waals surface area contributed by atoms with E-state index in [0.29, 0.717) is 0 Å². The molecule has 0 bridgehead atoms. The van der Waals surface area contributed by atoms with E-state index in [1.165, 1.54) is 0 Å². The van der Waals surface area contributed by atoms with Crippen molar-refractivity contribution < 1.29 is 18.7 Å². The van der Waals surface area contributed by atoms with Crippen molar-refractivity contribution >= 4 is 33.5 Å². The maximum absolute atomic E-state index is 12.8. The number of aromatic nitrogens is 1. The molecule has 0 aliphatic rings. The average molecular weight is 315 g/mol. The fourth-order valence-corrected chi connectivity index (χ4v) is 2.24. The molecule has 0 unspecified atom stereocenters. The molecule has 0 saturated heterocycles. The largest absolute Gasteiger partial charge is 0.481 e. The Morgan fingerprint density at radius 1 is 1.62 bits per heavy atom. The second-order valence-electron chi connectivity index (χ2n) is 2.97. The van der Waals surface area contributed by atoms with Crippen LogP contribution < -0.4 is 0 Å². The summed E-state index contributed by atoms with van der Waals surface area (Å²) in [5.41, 5.74) is -0.226. The van der Waals surface area contributed by atoms with Gasteiger partial charge in [-0.1, -0.05) is 27.5 Å². The summed E-state index contributed by atoms with van der Waals surface area (Å²) < 4.78 is 25.6. The van der Waals surface area contributed by atoms with Crippen LogP contribution in [0.15, 0.2) is 6.20 Å². The number of carboxylic acid groups (broad SMARTS) is 1. The van der Waals surface area contributed by atoms with Gasteiger partial charge in [-0.15, -0.1) is 0 Å². The lowest BCUT2D eigenvalue weighted by atomic mass is 10.0. The van der Waals surface area contributed by atoms with Crippen LogP contribution in [0.5, 0.6) is 0 Å². The van der Waals surface area contributed by atoms with Crippen LogP contribution in [0, 0.1) is 0 Å². The second kappa shape index (κ2) is 5.54. The molecule has 1 aromatic heterocycles. The molecule has 7 heteroatoms. The van der Waals surface area contributed by atoms with Crippen molar-refractivity contribution in [3.8, 4) is 0 Å². The Labute approximate surface area is 104 Å². The van der Waals surface area contributed by atoms with Crippen LogP contribution in [0.2, 0.25) is 5.15 Å². The molecule has 0 aromatic carbocycles. The average Bonchev–Trinajstić information content (AvgIpc) is 2.18. The van der Waals surface area contributed by atoms with Crippen molar-refractivity contribution in [2.75, 3.05) is 0 Å². The standard InChI is InChI=1S/C9H7BrClF2NO2/c10-2-5-7(9(12)13)4(1-6(15)16)3-14-8(5)11/h3,9H,1-2H2,(H,15,16). The number of aliphatic carboxylic acids is 1. The van der Waals surface area contributed by atoms with E-state index in [9.17, 15) is 13.6 Å². The molecular weight excluding hydrogens is 307 g/mol. The normalized spacial score (nSPS) is 10.8. The Balaban J connectivity index is 3.32. The maximum atomic E-state index is 12.8. The number of nitrogens with zero attached hydrogens (tertiary/aromatic N) is 1. The molecule has 1 N–H and O–H groups in total. The summed E-state index contributed by atoms with van der Waals surface area (Å²) in [4.78, 5) is 14.2. The molecule has 0 spiro atoms. The summed E-state index contributed by atoms with van der Waals surface area (Å²) in [5.74, 6) is -1.19. The van der Waals surface area contributed by atoms with Crippen LogP contribution in [0.3, 0.4) is 0 Å². The smallest absolute Gasteiger partial charge is 0.307 e. The van der Waals surface area contributed by atoms with Crippen molar-refractivity contribution in [3.63, 3.8) is 0 Å². The number of carboxylic acids is 1. The molecule has 1 rings (SSSR count). The van der Waals surface area contributed by atoms with Gasteiger partial charge in [0, 0.05) is 22.7 Å². The topological polar surface area (TPSA) is 50.2 Å². The van der Waals surface area contributed by atoms with Gasteiger partial charge in [0.05, 0.1) is 6.42 Å². The Kier molecular flexibility index (Phi) is 4.61. The Bertz CT molecular complexity index is 415. The second-order valence-corrected chi connectivity index (χ2v) is 3.89. The van der Waals surface area contributed by atoms with Crippen LogP contribution >= 0.6 is 27.5 Å². The molecule has 1 heterocycles. The van der Waals surface area contributed by atoms with Gasteiger partial charge in [-0.2, -0.15) is 0 Å². The van der Waals surface area contributed by atoms with Gasteiger partial charge < -0.3 is 5.11 Å². The molecule has 0 aliphatic heterocycles. The lowest BCUT2D eigenvalue weighted by Gasteiger charge is -2.12. The summed E-state index contributed by atoms with van der Waals surface area (Å²) in [6, 6.07) is 0. The molecule has 0 radical (unpaired) electrons. The number of hydrogen-bond donors (Lipinski definition) is 1. The Morgan fingerprint density at radius 2 is 2.25 bits per heavy atom. The van der Waals surface area contributed by atoms with Gasteiger partial charge in [0.2, 0.25) is 0 Å². The number of hydrogen-bond acceptors (Lipinski definition) is 2. The first kappa shape index (κ1) is 13.3.